The van der Waals surface area contributed by atoms with Crippen LogP contribution >= 0.6 is 0 Å². The molecule has 2 aromatic rings. The van der Waals surface area contributed by atoms with Gasteiger partial charge in [0.25, 0.3) is 5.91 Å². The SMILES string of the molecule is CCONC(=O)c1cc(C2CC2)nc2c1c(C)nn2C. The molecular formula is C14H18N4O2. The molecule has 1 aliphatic carbocycles. The molecule has 0 atom stereocenters. The summed E-state index contributed by atoms with van der Waals surface area (Å²) >= 11 is 0. The van der Waals surface area contributed by atoms with E-state index < -0.39 is 0 Å². The van der Waals surface area contributed by atoms with E-state index >= 15 is 0 Å². The van der Waals surface area contributed by atoms with Crippen LogP contribution in [-0.4, -0.2) is 27.3 Å². The van der Waals surface area contributed by atoms with Crippen molar-refractivity contribution in [2.45, 2.75) is 32.6 Å². The molecule has 0 unspecified atom stereocenters. The van der Waals surface area contributed by atoms with Crippen LogP contribution in [-0.2, 0) is 11.9 Å². The first kappa shape index (κ1) is 13.1. The number of fused-ring (bicyclic) bond motifs is 1. The lowest BCUT2D eigenvalue weighted by molar-refractivity contribution is 0.0366. The number of pyridine rings is 1. The van der Waals surface area contributed by atoms with Gasteiger partial charge in [-0.2, -0.15) is 5.10 Å². The van der Waals surface area contributed by atoms with E-state index in [0.717, 1.165) is 35.3 Å². The molecule has 1 aliphatic rings. The maximum absolute atomic E-state index is 12.3. The number of carbonyl (C=O) groups excluding carboxylic acids is 1. The van der Waals surface area contributed by atoms with Crippen LogP contribution in [0.1, 0.15) is 47.4 Å². The molecule has 1 amide bonds. The highest BCUT2D eigenvalue weighted by Crippen LogP contribution is 2.40. The maximum atomic E-state index is 12.3. The highest BCUT2D eigenvalue weighted by atomic mass is 16.6. The van der Waals surface area contributed by atoms with Crippen LogP contribution in [0.2, 0.25) is 0 Å². The molecule has 0 radical (unpaired) electrons. The lowest BCUT2D eigenvalue weighted by Gasteiger charge is -2.08. The summed E-state index contributed by atoms with van der Waals surface area (Å²) in [6.45, 7) is 4.15. The van der Waals surface area contributed by atoms with Crippen molar-refractivity contribution < 1.29 is 9.63 Å². The molecule has 0 aromatic carbocycles. The van der Waals surface area contributed by atoms with Crippen LogP contribution in [0.15, 0.2) is 6.07 Å². The first-order valence-electron chi connectivity index (χ1n) is 6.88. The van der Waals surface area contributed by atoms with Gasteiger partial charge in [-0.25, -0.2) is 10.5 Å². The minimum atomic E-state index is -0.239. The van der Waals surface area contributed by atoms with Crippen molar-refractivity contribution >= 4 is 16.9 Å². The van der Waals surface area contributed by atoms with Crippen LogP contribution in [0.25, 0.3) is 11.0 Å². The smallest absolute Gasteiger partial charge is 0.274 e. The van der Waals surface area contributed by atoms with Gasteiger partial charge in [0.1, 0.15) is 0 Å². The molecule has 6 nitrogen and oxygen atoms in total. The quantitative estimate of drug-likeness (QED) is 0.864. The van der Waals surface area contributed by atoms with E-state index in [9.17, 15) is 4.79 Å². The molecule has 0 spiro atoms. The molecule has 0 aliphatic heterocycles. The first-order valence-corrected chi connectivity index (χ1v) is 6.88. The van der Waals surface area contributed by atoms with Crippen molar-refractivity contribution in [1.29, 1.82) is 0 Å². The van der Waals surface area contributed by atoms with Crippen LogP contribution < -0.4 is 5.48 Å². The Morgan fingerprint density at radius 1 is 1.55 bits per heavy atom. The van der Waals surface area contributed by atoms with E-state index in [0.29, 0.717) is 18.1 Å². The van der Waals surface area contributed by atoms with Gasteiger partial charge in [0.2, 0.25) is 0 Å². The van der Waals surface area contributed by atoms with Gasteiger partial charge in [0.05, 0.1) is 23.3 Å². The van der Waals surface area contributed by atoms with E-state index in [2.05, 4.69) is 15.6 Å². The Hall–Kier alpha value is -1.95. The molecule has 20 heavy (non-hydrogen) atoms. The van der Waals surface area contributed by atoms with Crippen molar-refractivity contribution in [3.63, 3.8) is 0 Å². The number of hydroxylamine groups is 1. The Bertz CT molecular complexity index is 673. The molecule has 1 saturated carbocycles. The topological polar surface area (TPSA) is 69.0 Å². The minimum Gasteiger partial charge on any atom is -0.274 e. The normalized spacial score (nSPS) is 14.8. The second-order valence-corrected chi connectivity index (χ2v) is 5.14. The molecule has 2 heterocycles. The summed E-state index contributed by atoms with van der Waals surface area (Å²) in [6.07, 6.45) is 2.28. The highest BCUT2D eigenvalue weighted by Gasteiger charge is 2.28. The number of amides is 1. The fourth-order valence-electron chi connectivity index (χ4n) is 2.42. The van der Waals surface area contributed by atoms with Crippen LogP contribution in [0, 0.1) is 6.92 Å². The molecule has 0 saturated heterocycles. The standard InChI is InChI=1S/C14H18N4O2/c1-4-20-17-14(19)10-7-11(9-5-6-9)15-13-12(10)8(2)16-18(13)3/h7,9H,4-6H2,1-3H3,(H,17,19). The molecule has 106 valence electrons. The zero-order chi connectivity index (χ0) is 14.3. The maximum Gasteiger partial charge on any atom is 0.275 e. The predicted molar refractivity (Wildman–Crippen MR) is 74.3 cm³/mol. The zero-order valence-electron chi connectivity index (χ0n) is 11.9. The summed E-state index contributed by atoms with van der Waals surface area (Å²) in [4.78, 5) is 21.9. The third-order valence-electron chi connectivity index (χ3n) is 3.54. The number of hydrogen-bond donors (Lipinski definition) is 1. The molecule has 2 aromatic heterocycles. The van der Waals surface area contributed by atoms with E-state index in [1.165, 1.54) is 0 Å². The molecule has 6 heteroatoms. The Morgan fingerprint density at radius 3 is 2.95 bits per heavy atom. The van der Waals surface area contributed by atoms with Gasteiger partial charge in [-0.15, -0.1) is 0 Å². The van der Waals surface area contributed by atoms with E-state index in [-0.39, 0.29) is 5.91 Å². The molecule has 1 N–H and O–H groups in total. The highest BCUT2D eigenvalue weighted by molar-refractivity contribution is 6.06. The number of nitrogens with one attached hydrogen (secondary N) is 1. The van der Waals surface area contributed by atoms with Gasteiger partial charge in [-0.3, -0.25) is 14.3 Å². The van der Waals surface area contributed by atoms with Crippen molar-refractivity contribution in [3.05, 3.63) is 23.0 Å². The van der Waals surface area contributed by atoms with Crippen molar-refractivity contribution in [2.75, 3.05) is 6.61 Å². The average Bonchev–Trinajstić information content (AvgIpc) is 3.23. The number of hydrogen-bond acceptors (Lipinski definition) is 4. The summed E-state index contributed by atoms with van der Waals surface area (Å²) in [5.74, 6) is 0.241. The minimum absolute atomic E-state index is 0.239. The molecule has 1 fully saturated rings. The van der Waals surface area contributed by atoms with E-state index in [1.807, 2.05) is 27.0 Å². The molecule has 3 rings (SSSR count). The third kappa shape index (κ3) is 2.16. The number of aryl methyl sites for hydroxylation is 2. The summed E-state index contributed by atoms with van der Waals surface area (Å²) in [7, 11) is 1.85. The monoisotopic (exact) mass is 274 g/mol. The number of carbonyl (C=O) groups is 1. The van der Waals surface area contributed by atoms with Crippen LogP contribution in [0.4, 0.5) is 0 Å². The number of nitrogens with zero attached hydrogens (tertiary/aromatic N) is 3. The predicted octanol–water partition coefficient (Wildman–Crippen LogP) is 1.84. The number of rotatable bonds is 4. The Labute approximate surface area is 117 Å². The zero-order valence-corrected chi connectivity index (χ0v) is 11.9. The summed E-state index contributed by atoms with van der Waals surface area (Å²) in [5.41, 5.74) is 5.59. The Balaban J connectivity index is 2.14. The van der Waals surface area contributed by atoms with Gasteiger partial charge >= 0.3 is 0 Å². The van der Waals surface area contributed by atoms with Gasteiger partial charge < -0.3 is 0 Å². The third-order valence-corrected chi connectivity index (χ3v) is 3.54. The summed E-state index contributed by atoms with van der Waals surface area (Å²) < 4.78 is 1.73. The van der Waals surface area contributed by atoms with Crippen LogP contribution in [0.5, 0.6) is 0 Å². The van der Waals surface area contributed by atoms with Gasteiger partial charge in [0, 0.05) is 18.7 Å². The molecule has 0 bridgehead atoms. The Morgan fingerprint density at radius 2 is 2.30 bits per heavy atom. The van der Waals surface area contributed by atoms with Gasteiger partial charge in [0.15, 0.2) is 5.65 Å². The second-order valence-electron chi connectivity index (χ2n) is 5.14. The first-order chi connectivity index (χ1) is 9.61. The Kier molecular flexibility index (Phi) is 3.17. The van der Waals surface area contributed by atoms with E-state index in [4.69, 9.17) is 4.84 Å². The number of aromatic nitrogens is 3. The second kappa shape index (κ2) is 4.86. The summed E-state index contributed by atoms with van der Waals surface area (Å²) in [5, 5.41) is 5.17. The largest absolute Gasteiger partial charge is 0.275 e. The van der Waals surface area contributed by atoms with Crippen molar-refractivity contribution in [1.82, 2.24) is 20.2 Å². The lowest BCUT2D eigenvalue weighted by Crippen LogP contribution is -2.24. The van der Waals surface area contributed by atoms with Crippen LogP contribution in [0.3, 0.4) is 0 Å². The average molecular weight is 274 g/mol. The fraction of sp³-hybridized carbons (Fsp3) is 0.500. The van der Waals surface area contributed by atoms with Crippen molar-refractivity contribution in [3.8, 4) is 0 Å². The van der Waals surface area contributed by atoms with E-state index in [1.54, 1.807) is 4.68 Å². The van der Waals surface area contributed by atoms with Gasteiger partial charge in [-0.1, -0.05) is 0 Å². The fourth-order valence-corrected chi connectivity index (χ4v) is 2.42. The molecular weight excluding hydrogens is 256 g/mol. The lowest BCUT2D eigenvalue weighted by atomic mass is 10.1. The van der Waals surface area contributed by atoms with Gasteiger partial charge in [-0.05, 0) is 32.8 Å². The summed E-state index contributed by atoms with van der Waals surface area (Å²) in [6, 6.07) is 1.88. The van der Waals surface area contributed by atoms with Crippen molar-refractivity contribution in [2.24, 2.45) is 7.05 Å².